The van der Waals surface area contributed by atoms with E-state index in [2.05, 4.69) is 6.58 Å². The number of ether oxygens (including phenoxy) is 9. The predicted molar refractivity (Wildman–Crippen MR) is 132 cm³/mol. The fourth-order valence-corrected chi connectivity index (χ4v) is 2.67. The second kappa shape index (κ2) is 32.5. The third kappa shape index (κ3) is 31.5. The van der Waals surface area contributed by atoms with Gasteiger partial charge in [0.1, 0.15) is 6.61 Å². The molecule has 0 radical (unpaired) electrons. The van der Waals surface area contributed by atoms with E-state index in [1.807, 2.05) is 0 Å². The Morgan fingerprint density at radius 2 is 0.676 bits per heavy atom. The van der Waals surface area contributed by atoms with Crippen LogP contribution in [0.25, 0.3) is 0 Å². The molecule has 9 nitrogen and oxygen atoms in total. The second-order valence-corrected chi connectivity index (χ2v) is 7.42. The van der Waals surface area contributed by atoms with E-state index in [9.17, 15) is 0 Å². The van der Waals surface area contributed by atoms with E-state index in [4.69, 9.17) is 54.2 Å². The fraction of sp³-hybridized carbons (Fsp3) is 0.917. The van der Waals surface area contributed by atoms with E-state index in [0.717, 1.165) is 25.3 Å². The quantitative estimate of drug-likeness (QED) is 0.0787. The SMILES string of the molecule is C=COCCOCCOCCOCCOCCOCCOCCOCCOCCCCCCCl. The van der Waals surface area contributed by atoms with Crippen molar-refractivity contribution in [1.82, 2.24) is 0 Å². The number of halogens is 1. The molecule has 0 N–H and O–H groups in total. The normalized spacial score (nSPS) is 11.2. The van der Waals surface area contributed by atoms with E-state index >= 15 is 0 Å². The summed E-state index contributed by atoms with van der Waals surface area (Å²) in [6.45, 7) is 12.9. The molecule has 10 heteroatoms. The van der Waals surface area contributed by atoms with Crippen LogP contribution in [0.4, 0.5) is 0 Å². The first-order valence-corrected chi connectivity index (χ1v) is 12.9. The maximum Gasteiger partial charge on any atom is 0.111 e. The molecule has 0 bridgehead atoms. The summed E-state index contributed by atoms with van der Waals surface area (Å²) >= 11 is 5.64. The van der Waals surface area contributed by atoms with Gasteiger partial charge in [-0.3, -0.25) is 0 Å². The molecule has 0 aliphatic carbocycles. The molecular weight excluding hydrogens is 468 g/mol. The number of alkyl halides is 1. The number of rotatable bonds is 31. The van der Waals surface area contributed by atoms with Crippen molar-refractivity contribution in [2.24, 2.45) is 0 Å². The smallest absolute Gasteiger partial charge is 0.111 e. The van der Waals surface area contributed by atoms with Crippen molar-refractivity contribution in [1.29, 1.82) is 0 Å². The molecule has 0 spiro atoms. The number of unbranched alkanes of at least 4 members (excludes halogenated alkanes) is 3. The molecule has 0 aromatic rings. The van der Waals surface area contributed by atoms with Crippen molar-refractivity contribution in [3.63, 3.8) is 0 Å². The summed E-state index contributed by atoms with van der Waals surface area (Å²) in [6, 6.07) is 0. The predicted octanol–water partition coefficient (Wildman–Crippen LogP) is 3.08. The Labute approximate surface area is 211 Å². The van der Waals surface area contributed by atoms with Crippen LogP contribution in [0.3, 0.4) is 0 Å². The molecule has 0 aliphatic heterocycles. The zero-order chi connectivity index (χ0) is 24.6. The molecule has 0 aromatic carbocycles. The lowest BCUT2D eigenvalue weighted by Gasteiger charge is -2.08. The van der Waals surface area contributed by atoms with E-state index in [1.165, 1.54) is 19.1 Å². The fourth-order valence-electron chi connectivity index (χ4n) is 2.48. The lowest BCUT2D eigenvalue weighted by atomic mass is 10.2. The summed E-state index contributed by atoms with van der Waals surface area (Å²) in [4.78, 5) is 0. The Balaban J connectivity index is 3.00. The van der Waals surface area contributed by atoms with Gasteiger partial charge in [-0.1, -0.05) is 19.4 Å². The van der Waals surface area contributed by atoms with Gasteiger partial charge in [0.15, 0.2) is 0 Å². The van der Waals surface area contributed by atoms with Gasteiger partial charge < -0.3 is 42.6 Å². The molecule has 0 rings (SSSR count). The van der Waals surface area contributed by atoms with Crippen LogP contribution in [-0.2, 0) is 42.6 Å². The zero-order valence-corrected chi connectivity index (χ0v) is 21.6. The molecule has 0 fully saturated rings. The standard InChI is InChI=1S/C24H47ClO9/c1-2-26-9-10-28-13-14-30-17-18-32-21-22-34-24-23-33-20-19-31-16-15-29-12-11-27-8-6-4-3-5-7-25/h2H,1,3-24H2. The van der Waals surface area contributed by atoms with Crippen molar-refractivity contribution in [2.75, 3.05) is 118 Å². The molecular formula is C24H47ClO9. The van der Waals surface area contributed by atoms with Crippen molar-refractivity contribution < 1.29 is 42.6 Å². The Hall–Kier alpha value is -0.490. The molecule has 0 unspecified atom stereocenters. The highest BCUT2D eigenvalue weighted by atomic mass is 35.5. The van der Waals surface area contributed by atoms with Crippen LogP contribution in [-0.4, -0.2) is 118 Å². The Kier molecular flexibility index (Phi) is 32.0. The van der Waals surface area contributed by atoms with Gasteiger partial charge in [0, 0.05) is 12.5 Å². The van der Waals surface area contributed by atoms with Crippen LogP contribution in [0.2, 0.25) is 0 Å². The lowest BCUT2D eigenvalue weighted by molar-refractivity contribution is -0.0239. The Morgan fingerprint density at radius 3 is 1.00 bits per heavy atom. The minimum atomic E-state index is 0.509. The van der Waals surface area contributed by atoms with Crippen LogP contribution in [0.1, 0.15) is 25.7 Å². The van der Waals surface area contributed by atoms with Gasteiger partial charge in [-0.05, 0) is 12.8 Å². The molecule has 34 heavy (non-hydrogen) atoms. The van der Waals surface area contributed by atoms with E-state index in [0.29, 0.717) is 106 Å². The highest BCUT2D eigenvalue weighted by molar-refractivity contribution is 6.17. The first-order chi connectivity index (χ1) is 16.9. The van der Waals surface area contributed by atoms with Gasteiger partial charge in [-0.15, -0.1) is 11.6 Å². The molecule has 0 saturated carbocycles. The molecule has 204 valence electrons. The highest BCUT2D eigenvalue weighted by Gasteiger charge is 1.95. The Bertz CT molecular complexity index is 378. The third-order valence-corrected chi connectivity index (χ3v) is 4.51. The van der Waals surface area contributed by atoms with Crippen LogP contribution in [0.15, 0.2) is 12.8 Å². The molecule has 0 aliphatic rings. The highest BCUT2D eigenvalue weighted by Crippen LogP contribution is 2.01. The van der Waals surface area contributed by atoms with Gasteiger partial charge in [0.2, 0.25) is 0 Å². The van der Waals surface area contributed by atoms with Crippen LogP contribution < -0.4 is 0 Å². The van der Waals surface area contributed by atoms with Gasteiger partial charge in [-0.2, -0.15) is 0 Å². The summed E-state index contributed by atoms with van der Waals surface area (Å²) in [6.07, 6.45) is 5.92. The maximum atomic E-state index is 5.64. The molecule has 0 atom stereocenters. The average molecular weight is 515 g/mol. The Morgan fingerprint density at radius 1 is 0.382 bits per heavy atom. The van der Waals surface area contributed by atoms with Crippen molar-refractivity contribution >= 4 is 11.6 Å². The lowest BCUT2D eigenvalue weighted by Crippen LogP contribution is -2.15. The van der Waals surface area contributed by atoms with Crippen LogP contribution in [0, 0.1) is 0 Å². The average Bonchev–Trinajstić information content (AvgIpc) is 2.85. The first kappa shape index (κ1) is 33.5. The van der Waals surface area contributed by atoms with Gasteiger partial charge in [0.05, 0.1) is 105 Å². The van der Waals surface area contributed by atoms with Crippen molar-refractivity contribution in [3.8, 4) is 0 Å². The molecule has 0 aromatic heterocycles. The number of hydrogen-bond acceptors (Lipinski definition) is 9. The third-order valence-electron chi connectivity index (χ3n) is 4.24. The first-order valence-electron chi connectivity index (χ1n) is 12.3. The van der Waals surface area contributed by atoms with Gasteiger partial charge >= 0.3 is 0 Å². The number of hydrogen-bond donors (Lipinski definition) is 0. The second-order valence-electron chi connectivity index (χ2n) is 7.04. The summed E-state index contributed by atoms with van der Waals surface area (Å²) < 4.78 is 48.4. The maximum absolute atomic E-state index is 5.64. The monoisotopic (exact) mass is 514 g/mol. The van der Waals surface area contributed by atoms with E-state index in [1.54, 1.807) is 0 Å². The zero-order valence-electron chi connectivity index (χ0n) is 20.9. The molecule has 0 heterocycles. The molecule has 0 saturated heterocycles. The minimum absolute atomic E-state index is 0.509. The van der Waals surface area contributed by atoms with E-state index in [-0.39, 0.29) is 0 Å². The van der Waals surface area contributed by atoms with Crippen molar-refractivity contribution in [3.05, 3.63) is 12.8 Å². The van der Waals surface area contributed by atoms with Crippen LogP contribution in [0.5, 0.6) is 0 Å². The minimum Gasteiger partial charge on any atom is -0.499 e. The van der Waals surface area contributed by atoms with Crippen molar-refractivity contribution in [2.45, 2.75) is 25.7 Å². The topological polar surface area (TPSA) is 83.1 Å². The largest absolute Gasteiger partial charge is 0.499 e. The molecule has 0 amide bonds. The van der Waals surface area contributed by atoms with Crippen LogP contribution >= 0.6 is 11.6 Å². The summed E-state index contributed by atoms with van der Waals surface area (Å²) in [5.41, 5.74) is 0. The van der Waals surface area contributed by atoms with Gasteiger partial charge in [-0.25, -0.2) is 0 Å². The summed E-state index contributed by atoms with van der Waals surface area (Å²) in [7, 11) is 0. The summed E-state index contributed by atoms with van der Waals surface area (Å²) in [5.74, 6) is 0.747. The summed E-state index contributed by atoms with van der Waals surface area (Å²) in [5, 5.41) is 0. The van der Waals surface area contributed by atoms with E-state index < -0.39 is 0 Å². The van der Waals surface area contributed by atoms with Gasteiger partial charge in [0.25, 0.3) is 0 Å².